The number of hydrogen-bond donors (Lipinski definition) is 0. The van der Waals surface area contributed by atoms with E-state index in [-0.39, 0.29) is 22.5 Å². The fourth-order valence-electron chi connectivity index (χ4n) is 2.19. The second kappa shape index (κ2) is 12.3. The Hall–Kier alpha value is -3.47. The first-order valence-electron chi connectivity index (χ1n) is 8.87. The average molecular weight is 450 g/mol. The SMILES string of the molecule is CC.COC(=O)c1cc(Sc2cnc(C(=O)OC)c(C(=O)OC)c2)cnc1C(=O)OC. The van der Waals surface area contributed by atoms with Gasteiger partial charge in [0, 0.05) is 22.2 Å². The third kappa shape index (κ3) is 6.25. The van der Waals surface area contributed by atoms with E-state index in [1.807, 2.05) is 13.8 Å². The number of nitrogens with zero attached hydrogens (tertiary/aromatic N) is 2. The topological polar surface area (TPSA) is 131 Å². The van der Waals surface area contributed by atoms with Crippen LogP contribution in [-0.4, -0.2) is 62.3 Å². The van der Waals surface area contributed by atoms with Gasteiger partial charge >= 0.3 is 23.9 Å². The summed E-state index contributed by atoms with van der Waals surface area (Å²) < 4.78 is 18.6. The zero-order valence-corrected chi connectivity index (χ0v) is 18.7. The Balaban J connectivity index is 0.00000233. The van der Waals surface area contributed by atoms with Crippen molar-refractivity contribution in [1.29, 1.82) is 0 Å². The number of ether oxygens (including phenoxy) is 4. The highest BCUT2D eigenvalue weighted by molar-refractivity contribution is 7.99. The van der Waals surface area contributed by atoms with E-state index in [2.05, 4.69) is 28.9 Å². The van der Waals surface area contributed by atoms with E-state index >= 15 is 0 Å². The van der Waals surface area contributed by atoms with Crippen molar-refractivity contribution in [2.24, 2.45) is 0 Å². The van der Waals surface area contributed by atoms with Gasteiger partial charge in [0.25, 0.3) is 0 Å². The van der Waals surface area contributed by atoms with Gasteiger partial charge < -0.3 is 18.9 Å². The summed E-state index contributed by atoms with van der Waals surface area (Å²) in [6, 6.07) is 2.78. The number of esters is 4. The van der Waals surface area contributed by atoms with Crippen molar-refractivity contribution >= 4 is 35.6 Å². The van der Waals surface area contributed by atoms with Crippen LogP contribution in [0, 0.1) is 0 Å². The third-order valence-corrected chi connectivity index (χ3v) is 4.45. The number of carbonyl (C=O) groups excluding carboxylic acids is 4. The Morgan fingerprint density at radius 2 is 0.968 bits per heavy atom. The summed E-state index contributed by atoms with van der Waals surface area (Å²) in [5.41, 5.74) is -0.565. The van der Waals surface area contributed by atoms with Crippen molar-refractivity contribution in [1.82, 2.24) is 9.97 Å². The van der Waals surface area contributed by atoms with E-state index in [9.17, 15) is 19.2 Å². The molecule has 0 N–H and O–H groups in total. The first kappa shape index (κ1) is 25.6. The Kier molecular flexibility index (Phi) is 10.1. The predicted molar refractivity (Wildman–Crippen MR) is 109 cm³/mol. The maximum Gasteiger partial charge on any atom is 0.357 e. The van der Waals surface area contributed by atoms with Crippen molar-refractivity contribution < 1.29 is 38.1 Å². The first-order valence-corrected chi connectivity index (χ1v) is 9.69. The molecule has 0 unspecified atom stereocenters. The van der Waals surface area contributed by atoms with E-state index in [0.717, 1.165) is 26.0 Å². The van der Waals surface area contributed by atoms with Crippen LogP contribution in [0.4, 0.5) is 0 Å². The normalized spacial score (nSPS) is 9.61. The highest BCUT2D eigenvalue weighted by Gasteiger charge is 2.23. The van der Waals surface area contributed by atoms with Gasteiger partial charge in [-0.25, -0.2) is 29.1 Å². The van der Waals surface area contributed by atoms with Crippen LogP contribution < -0.4 is 0 Å². The van der Waals surface area contributed by atoms with Gasteiger partial charge in [-0.3, -0.25) is 0 Å². The zero-order chi connectivity index (χ0) is 23.6. The lowest BCUT2D eigenvalue weighted by Crippen LogP contribution is -2.14. The predicted octanol–water partition coefficient (Wildman–Crippen LogP) is 2.80. The van der Waals surface area contributed by atoms with Crippen LogP contribution in [0.25, 0.3) is 0 Å². The highest BCUT2D eigenvalue weighted by atomic mass is 32.2. The van der Waals surface area contributed by atoms with E-state index in [1.165, 1.54) is 38.7 Å². The maximum atomic E-state index is 12.0. The Morgan fingerprint density at radius 3 is 1.26 bits per heavy atom. The lowest BCUT2D eigenvalue weighted by atomic mass is 10.2. The molecule has 0 aromatic carbocycles. The van der Waals surface area contributed by atoms with Crippen LogP contribution in [-0.2, 0) is 18.9 Å². The Bertz CT molecular complexity index is 900. The first-order chi connectivity index (χ1) is 14.9. The number of hydrogen-bond acceptors (Lipinski definition) is 11. The minimum atomic E-state index is -0.793. The third-order valence-electron chi connectivity index (χ3n) is 3.53. The summed E-state index contributed by atoms with van der Waals surface area (Å²) in [5, 5.41) is 0. The number of aromatic nitrogens is 2. The molecule has 0 fully saturated rings. The lowest BCUT2D eigenvalue weighted by molar-refractivity contribution is 0.0549. The van der Waals surface area contributed by atoms with Crippen LogP contribution >= 0.6 is 11.8 Å². The van der Waals surface area contributed by atoms with E-state index in [0.29, 0.717) is 9.79 Å². The molecular formula is C20H22N2O8S. The minimum absolute atomic E-state index is 0.0864. The van der Waals surface area contributed by atoms with Crippen molar-refractivity contribution in [3.8, 4) is 0 Å². The van der Waals surface area contributed by atoms with Crippen molar-refractivity contribution in [3.63, 3.8) is 0 Å². The van der Waals surface area contributed by atoms with Crippen LogP contribution in [0.1, 0.15) is 55.5 Å². The molecule has 2 aromatic heterocycles. The monoisotopic (exact) mass is 450 g/mol. The molecule has 0 aliphatic carbocycles. The van der Waals surface area contributed by atoms with Crippen LogP contribution in [0.5, 0.6) is 0 Å². The molecule has 11 heteroatoms. The second-order valence-electron chi connectivity index (χ2n) is 5.20. The van der Waals surface area contributed by atoms with E-state index in [4.69, 9.17) is 0 Å². The van der Waals surface area contributed by atoms with Gasteiger partial charge in [0.1, 0.15) is 0 Å². The zero-order valence-electron chi connectivity index (χ0n) is 17.9. The standard InChI is InChI=1S/C18H16N2O8S.C2H6/c1-25-15(21)11-5-9(7-19-13(11)17(23)27-3)29-10-6-12(16(22)26-2)14(20-8-10)18(24)28-4;1-2/h5-8H,1-4H3;1-2H3. The molecule has 0 radical (unpaired) electrons. The number of carbonyl (C=O) groups is 4. The largest absolute Gasteiger partial charge is 0.465 e. The molecule has 2 heterocycles. The van der Waals surface area contributed by atoms with Gasteiger partial charge in [-0.2, -0.15) is 0 Å². The summed E-state index contributed by atoms with van der Waals surface area (Å²) in [6.45, 7) is 4.00. The maximum absolute atomic E-state index is 12.0. The molecular weight excluding hydrogens is 428 g/mol. The second-order valence-corrected chi connectivity index (χ2v) is 6.35. The molecule has 0 amide bonds. The molecule has 31 heavy (non-hydrogen) atoms. The van der Waals surface area contributed by atoms with Crippen LogP contribution in [0.2, 0.25) is 0 Å². The van der Waals surface area contributed by atoms with Gasteiger partial charge in [0.05, 0.1) is 39.6 Å². The average Bonchev–Trinajstić information content (AvgIpc) is 2.83. The number of pyridine rings is 2. The van der Waals surface area contributed by atoms with Crippen LogP contribution in [0.15, 0.2) is 34.3 Å². The quantitative estimate of drug-likeness (QED) is 0.475. The van der Waals surface area contributed by atoms with Gasteiger partial charge in [0.15, 0.2) is 11.4 Å². The summed E-state index contributed by atoms with van der Waals surface area (Å²) >= 11 is 1.08. The molecule has 0 spiro atoms. The summed E-state index contributed by atoms with van der Waals surface area (Å²) in [5.74, 6) is -3.12. The van der Waals surface area contributed by atoms with Crippen LogP contribution in [0.3, 0.4) is 0 Å². The molecule has 0 aliphatic heterocycles. The van der Waals surface area contributed by atoms with E-state index < -0.39 is 23.9 Å². The van der Waals surface area contributed by atoms with Gasteiger partial charge in [-0.1, -0.05) is 25.6 Å². The Labute approximate surface area is 183 Å². The molecule has 0 aliphatic rings. The fraction of sp³-hybridized carbons (Fsp3) is 0.300. The highest BCUT2D eigenvalue weighted by Crippen LogP contribution is 2.30. The van der Waals surface area contributed by atoms with Gasteiger partial charge in [0.2, 0.25) is 0 Å². The van der Waals surface area contributed by atoms with Gasteiger partial charge in [-0.15, -0.1) is 0 Å². The van der Waals surface area contributed by atoms with Crippen molar-refractivity contribution in [3.05, 3.63) is 47.0 Å². The molecule has 0 bridgehead atoms. The summed E-state index contributed by atoms with van der Waals surface area (Å²) in [7, 11) is 4.66. The molecule has 10 nitrogen and oxygen atoms in total. The lowest BCUT2D eigenvalue weighted by Gasteiger charge is -2.10. The Morgan fingerprint density at radius 1 is 0.645 bits per heavy atom. The minimum Gasteiger partial charge on any atom is -0.465 e. The summed E-state index contributed by atoms with van der Waals surface area (Å²) in [4.78, 5) is 56.4. The van der Waals surface area contributed by atoms with Crippen molar-refractivity contribution in [2.45, 2.75) is 23.6 Å². The smallest absolute Gasteiger partial charge is 0.357 e. The fourth-order valence-corrected chi connectivity index (χ4v) is 3.03. The van der Waals surface area contributed by atoms with Crippen molar-refractivity contribution in [2.75, 3.05) is 28.4 Å². The molecule has 0 atom stereocenters. The van der Waals surface area contributed by atoms with Gasteiger partial charge in [-0.05, 0) is 12.1 Å². The number of rotatable bonds is 6. The molecule has 2 aromatic rings. The molecule has 2 rings (SSSR count). The number of methoxy groups -OCH3 is 4. The molecule has 166 valence electrons. The summed E-state index contributed by atoms with van der Waals surface area (Å²) in [6.07, 6.45) is 2.69. The van der Waals surface area contributed by atoms with E-state index in [1.54, 1.807) is 0 Å². The molecule has 0 saturated heterocycles. The molecule has 0 saturated carbocycles.